The van der Waals surface area contributed by atoms with Crippen molar-refractivity contribution >= 4 is 5.91 Å². The van der Waals surface area contributed by atoms with Crippen LogP contribution >= 0.6 is 0 Å². The molecule has 2 unspecified atom stereocenters. The molecule has 0 aromatic carbocycles. The van der Waals surface area contributed by atoms with Crippen LogP contribution in [0.5, 0.6) is 0 Å². The van der Waals surface area contributed by atoms with E-state index >= 15 is 0 Å². The maximum Gasteiger partial charge on any atom is 0.222 e. The van der Waals surface area contributed by atoms with E-state index in [4.69, 9.17) is 4.74 Å². The van der Waals surface area contributed by atoms with Crippen LogP contribution in [0.25, 0.3) is 0 Å². The largest absolute Gasteiger partial charge is 0.387 e. The molecule has 0 saturated carbocycles. The molecule has 0 bridgehead atoms. The van der Waals surface area contributed by atoms with Gasteiger partial charge in [-0.15, -0.1) is 0 Å². The summed E-state index contributed by atoms with van der Waals surface area (Å²) in [5.41, 5.74) is -0.744. The maximum absolute atomic E-state index is 12.1. The lowest BCUT2D eigenvalue weighted by Crippen LogP contribution is -2.45. The van der Waals surface area contributed by atoms with Crippen molar-refractivity contribution in [2.24, 2.45) is 0 Å². The van der Waals surface area contributed by atoms with Gasteiger partial charge in [0.25, 0.3) is 0 Å². The first-order chi connectivity index (χ1) is 9.09. The highest BCUT2D eigenvalue weighted by Crippen LogP contribution is 2.19. The molecular formula is C14H26N2O3. The van der Waals surface area contributed by atoms with Crippen molar-refractivity contribution < 1.29 is 14.6 Å². The average Bonchev–Trinajstić information content (AvgIpc) is 2.83. The fraction of sp³-hybridized carbons (Fsp3) is 0.929. The van der Waals surface area contributed by atoms with Gasteiger partial charge in [0, 0.05) is 26.6 Å². The van der Waals surface area contributed by atoms with Crippen molar-refractivity contribution in [2.75, 3.05) is 33.3 Å². The number of aliphatic hydroxyl groups is 1. The third-order valence-electron chi connectivity index (χ3n) is 4.13. The number of carbonyl (C=O) groups excluding carboxylic acids is 1. The lowest BCUT2D eigenvalue weighted by Gasteiger charge is -2.29. The summed E-state index contributed by atoms with van der Waals surface area (Å²) in [5.74, 6) is 0.106. The summed E-state index contributed by atoms with van der Waals surface area (Å²) in [4.78, 5) is 13.7. The maximum atomic E-state index is 12.1. The normalized spacial score (nSPS) is 31.4. The summed E-state index contributed by atoms with van der Waals surface area (Å²) >= 11 is 0. The van der Waals surface area contributed by atoms with Gasteiger partial charge in [-0.2, -0.15) is 0 Å². The van der Waals surface area contributed by atoms with Gasteiger partial charge in [0.1, 0.15) is 0 Å². The Morgan fingerprint density at radius 2 is 2.37 bits per heavy atom. The molecule has 19 heavy (non-hydrogen) atoms. The van der Waals surface area contributed by atoms with E-state index in [1.807, 2.05) is 0 Å². The SMILES string of the molecule is CN(CC1(O)CCNC1)C(=O)CCC1CCCCO1. The number of hydrogen-bond acceptors (Lipinski definition) is 4. The second kappa shape index (κ2) is 6.68. The molecule has 110 valence electrons. The van der Waals surface area contributed by atoms with Crippen LogP contribution in [0.4, 0.5) is 0 Å². The van der Waals surface area contributed by atoms with E-state index in [-0.39, 0.29) is 12.0 Å². The van der Waals surface area contributed by atoms with Gasteiger partial charge in [-0.05, 0) is 38.6 Å². The number of nitrogens with zero attached hydrogens (tertiary/aromatic N) is 1. The minimum atomic E-state index is -0.744. The number of hydrogen-bond donors (Lipinski definition) is 2. The Kier molecular flexibility index (Phi) is 5.19. The minimum Gasteiger partial charge on any atom is -0.387 e. The van der Waals surface area contributed by atoms with Crippen LogP contribution < -0.4 is 5.32 Å². The van der Waals surface area contributed by atoms with Crippen molar-refractivity contribution in [3.05, 3.63) is 0 Å². The molecule has 2 heterocycles. The molecule has 2 aliphatic rings. The van der Waals surface area contributed by atoms with Gasteiger partial charge in [-0.3, -0.25) is 4.79 Å². The molecule has 1 amide bonds. The van der Waals surface area contributed by atoms with Gasteiger partial charge < -0.3 is 20.1 Å². The number of β-amino-alcohol motifs (C(OH)–C–C–N with tert-alkyl or cyclic N) is 1. The van der Waals surface area contributed by atoms with E-state index < -0.39 is 5.60 Å². The number of carbonyl (C=O) groups is 1. The van der Waals surface area contributed by atoms with Crippen molar-refractivity contribution in [2.45, 2.75) is 50.2 Å². The second-order valence-corrected chi connectivity index (χ2v) is 5.93. The number of rotatable bonds is 5. The molecular weight excluding hydrogens is 244 g/mol. The Labute approximate surface area is 115 Å². The third-order valence-corrected chi connectivity index (χ3v) is 4.13. The number of ether oxygens (including phenoxy) is 1. The molecule has 2 N–H and O–H groups in total. The highest BCUT2D eigenvalue weighted by Gasteiger charge is 2.33. The van der Waals surface area contributed by atoms with Gasteiger partial charge in [0.2, 0.25) is 5.91 Å². The van der Waals surface area contributed by atoms with Crippen molar-refractivity contribution in [1.29, 1.82) is 0 Å². The van der Waals surface area contributed by atoms with E-state index in [1.54, 1.807) is 11.9 Å². The van der Waals surface area contributed by atoms with Crippen LogP contribution in [-0.4, -0.2) is 60.9 Å². The fourth-order valence-corrected chi connectivity index (χ4v) is 2.91. The Morgan fingerprint density at radius 1 is 1.53 bits per heavy atom. The molecule has 2 aliphatic heterocycles. The number of amides is 1. The van der Waals surface area contributed by atoms with E-state index in [1.165, 1.54) is 6.42 Å². The van der Waals surface area contributed by atoms with E-state index in [2.05, 4.69) is 5.32 Å². The topological polar surface area (TPSA) is 61.8 Å². The van der Waals surface area contributed by atoms with Gasteiger partial charge in [0.05, 0.1) is 18.2 Å². The average molecular weight is 270 g/mol. The predicted octanol–water partition coefficient (Wildman–Crippen LogP) is 0.518. The highest BCUT2D eigenvalue weighted by atomic mass is 16.5. The van der Waals surface area contributed by atoms with Crippen LogP contribution in [0.2, 0.25) is 0 Å². The summed E-state index contributed by atoms with van der Waals surface area (Å²) < 4.78 is 5.63. The molecule has 2 saturated heterocycles. The van der Waals surface area contributed by atoms with Crippen LogP contribution in [0.3, 0.4) is 0 Å². The summed E-state index contributed by atoms with van der Waals surface area (Å²) in [5, 5.41) is 13.4. The first kappa shape index (κ1) is 14.8. The van der Waals surface area contributed by atoms with Gasteiger partial charge in [-0.1, -0.05) is 0 Å². The molecule has 2 rings (SSSR count). The monoisotopic (exact) mass is 270 g/mol. The van der Waals surface area contributed by atoms with E-state index in [0.717, 1.165) is 38.8 Å². The third kappa shape index (κ3) is 4.44. The van der Waals surface area contributed by atoms with Gasteiger partial charge in [0.15, 0.2) is 0 Å². The molecule has 5 heteroatoms. The lowest BCUT2D eigenvalue weighted by molar-refractivity contribution is -0.133. The first-order valence-electron chi connectivity index (χ1n) is 7.38. The smallest absolute Gasteiger partial charge is 0.222 e. The summed E-state index contributed by atoms with van der Waals surface area (Å²) in [7, 11) is 1.78. The van der Waals surface area contributed by atoms with Crippen molar-refractivity contribution in [3.8, 4) is 0 Å². The van der Waals surface area contributed by atoms with E-state index in [0.29, 0.717) is 19.5 Å². The molecule has 0 radical (unpaired) electrons. The Balaban J connectivity index is 1.69. The zero-order valence-electron chi connectivity index (χ0n) is 11.9. The predicted molar refractivity (Wildman–Crippen MR) is 72.9 cm³/mol. The fourth-order valence-electron chi connectivity index (χ4n) is 2.91. The quantitative estimate of drug-likeness (QED) is 0.764. The number of nitrogens with one attached hydrogen (secondary N) is 1. The van der Waals surface area contributed by atoms with Crippen LogP contribution in [-0.2, 0) is 9.53 Å². The number of likely N-dealkylation sites (N-methyl/N-ethyl adjacent to an activating group) is 1. The molecule has 0 aromatic heterocycles. The van der Waals surface area contributed by atoms with Gasteiger partial charge >= 0.3 is 0 Å². The Bertz CT molecular complexity index is 297. The van der Waals surface area contributed by atoms with Crippen molar-refractivity contribution in [1.82, 2.24) is 10.2 Å². The summed E-state index contributed by atoms with van der Waals surface area (Å²) in [6, 6.07) is 0. The van der Waals surface area contributed by atoms with Crippen LogP contribution in [0, 0.1) is 0 Å². The second-order valence-electron chi connectivity index (χ2n) is 5.93. The molecule has 5 nitrogen and oxygen atoms in total. The molecule has 2 fully saturated rings. The Morgan fingerprint density at radius 3 is 3.00 bits per heavy atom. The Hall–Kier alpha value is -0.650. The minimum absolute atomic E-state index is 0.106. The molecule has 0 aromatic rings. The van der Waals surface area contributed by atoms with Crippen LogP contribution in [0.1, 0.15) is 38.5 Å². The first-order valence-corrected chi connectivity index (χ1v) is 7.38. The zero-order valence-corrected chi connectivity index (χ0v) is 11.9. The van der Waals surface area contributed by atoms with Crippen LogP contribution in [0.15, 0.2) is 0 Å². The molecule has 0 aliphatic carbocycles. The van der Waals surface area contributed by atoms with E-state index in [9.17, 15) is 9.90 Å². The molecule has 2 atom stereocenters. The van der Waals surface area contributed by atoms with Gasteiger partial charge in [-0.25, -0.2) is 0 Å². The standard InChI is InChI=1S/C14H26N2O3/c1-16(11-14(18)7-8-15-10-14)13(17)6-5-12-4-2-3-9-19-12/h12,15,18H,2-11H2,1H3. The zero-order chi connectivity index (χ0) is 13.7. The lowest BCUT2D eigenvalue weighted by atomic mass is 10.0. The summed E-state index contributed by atoms with van der Waals surface area (Å²) in [6.45, 7) is 2.66. The van der Waals surface area contributed by atoms with Crippen molar-refractivity contribution in [3.63, 3.8) is 0 Å². The summed E-state index contributed by atoms with van der Waals surface area (Å²) in [6.07, 6.45) is 5.72. The molecule has 0 spiro atoms. The highest BCUT2D eigenvalue weighted by molar-refractivity contribution is 5.76.